The van der Waals surface area contributed by atoms with Crippen LogP contribution in [0.15, 0.2) is 103 Å². The molecule has 2 heteroatoms. The molecular formula is C31H31O2. The van der Waals surface area contributed by atoms with Crippen LogP contribution < -0.4 is 9.47 Å². The van der Waals surface area contributed by atoms with Crippen LogP contribution in [-0.4, -0.2) is 13.2 Å². The molecule has 0 saturated carbocycles. The van der Waals surface area contributed by atoms with Gasteiger partial charge >= 0.3 is 0 Å². The predicted molar refractivity (Wildman–Crippen MR) is 136 cm³/mol. The molecule has 0 amide bonds. The van der Waals surface area contributed by atoms with Crippen molar-refractivity contribution in [2.75, 3.05) is 13.2 Å². The average molecular weight is 436 g/mol. The number of benzene rings is 4. The summed E-state index contributed by atoms with van der Waals surface area (Å²) in [7, 11) is 0. The topological polar surface area (TPSA) is 18.5 Å². The summed E-state index contributed by atoms with van der Waals surface area (Å²) in [4.78, 5) is 0. The van der Waals surface area contributed by atoms with Gasteiger partial charge in [-0.3, -0.25) is 0 Å². The molecule has 4 rings (SSSR count). The molecule has 0 atom stereocenters. The van der Waals surface area contributed by atoms with Crippen molar-refractivity contribution in [1.29, 1.82) is 0 Å². The summed E-state index contributed by atoms with van der Waals surface area (Å²) >= 11 is 0. The van der Waals surface area contributed by atoms with Crippen LogP contribution in [0, 0.1) is 6.07 Å². The molecule has 1 radical (unpaired) electrons. The molecule has 4 aromatic carbocycles. The molecule has 0 saturated heterocycles. The third kappa shape index (κ3) is 7.25. The lowest BCUT2D eigenvalue weighted by atomic mass is 10.0. The van der Waals surface area contributed by atoms with Crippen molar-refractivity contribution < 1.29 is 9.47 Å². The molecule has 0 aliphatic rings. The standard InChI is InChI=1S/C31H31O2/c1-3-12-26(13-4-1)16-9-10-24-32-29-22-20-28(21-23-29)30-18-7-8-19-31(30)33-25-11-17-27-14-5-2-6-15-27/h1-8,12-15,19-23H,9-11,16-17,24-25H2. The van der Waals surface area contributed by atoms with E-state index in [1.54, 1.807) is 0 Å². The highest BCUT2D eigenvalue weighted by atomic mass is 16.5. The Morgan fingerprint density at radius 2 is 1.18 bits per heavy atom. The van der Waals surface area contributed by atoms with Gasteiger partial charge in [0.15, 0.2) is 0 Å². The number of unbranched alkanes of at least 4 members (excludes halogenated alkanes) is 1. The zero-order chi connectivity index (χ0) is 22.6. The van der Waals surface area contributed by atoms with Crippen molar-refractivity contribution in [3.05, 3.63) is 120 Å². The second kappa shape index (κ2) is 12.5. The monoisotopic (exact) mass is 435 g/mol. The first-order valence-electron chi connectivity index (χ1n) is 11.8. The summed E-state index contributed by atoms with van der Waals surface area (Å²) in [6, 6.07) is 38.7. The van der Waals surface area contributed by atoms with Crippen LogP contribution in [0.1, 0.15) is 30.4 Å². The second-order valence-electron chi connectivity index (χ2n) is 8.16. The van der Waals surface area contributed by atoms with Gasteiger partial charge in [-0.15, -0.1) is 0 Å². The zero-order valence-corrected chi connectivity index (χ0v) is 19.1. The Morgan fingerprint density at radius 1 is 0.545 bits per heavy atom. The summed E-state index contributed by atoms with van der Waals surface area (Å²) in [6.45, 7) is 1.42. The van der Waals surface area contributed by atoms with Crippen LogP contribution in [0.4, 0.5) is 0 Å². The van der Waals surface area contributed by atoms with Crippen LogP contribution >= 0.6 is 0 Å². The van der Waals surface area contributed by atoms with Gasteiger partial charge in [0.2, 0.25) is 0 Å². The van der Waals surface area contributed by atoms with E-state index >= 15 is 0 Å². The van der Waals surface area contributed by atoms with Crippen LogP contribution in [0.25, 0.3) is 11.1 Å². The summed E-state index contributed by atoms with van der Waals surface area (Å²) in [5.74, 6) is 1.78. The lowest BCUT2D eigenvalue weighted by Crippen LogP contribution is -2.01. The van der Waals surface area contributed by atoms with E-state index in [-0.39, 0.29) is 0 Å². The first-order valence-corrected chi connectivity index (χ1v) is 11.8. The maximum atomic E-state index is 6.11. The van der Waals surface area contributed by atoms with E-state index in [0.29, 0.717) is 6.61 Å². The Kier molecular flexibility index (Phi) is 8.59. The van der Waals surface area contributed by atoms with E-state index in [4.69, 9.17) is 9.47 Å². The minimum atomic E-state index is 0.684. The second-order valence-corrected chi connectivity index (χ2v) is 8.16. The van der Waals surface area contributed by atoms with Crippen LogP contribution in [-0.2, 0) is 12.8 Å². The van der Waals surface area contributed by atoms with Gasteiger partial charge in [0.05, 0.1) is 13.2 Å². The van der Waals surface area contributed by atoms with E-state index in [1.807, 2.05) is 30.3 Å². The van der Waals surface area contributed by atoms with Gasteiger partial charge in [0.1, 0.15) is 11.5 Å². The van der Waals surface area contributed by atoms with E-state index in [9.17, 15) is 0 Å². The Labute approximate surface area is 197 Å². The number of aryl methyl sites for hydroxylation is 2. The fourth-order valence-electron chi connectivity index (χ4n) is 3.85. The van der Waals surface area contributed by atoms with Gasteiger partial charge in [-0.1, -0.05) is 84.9 Å². The van der Waals surface area contributed by atoms with Gasteiger partial charge < -0.3 is 9.47 Å². The fraction of sp³-hybridized carbons (Fsp3) is 0.226. The molecular weight excluding hydrogens is 404 g/mol. The minimum Gasteiger partial charge on any atom is -0.494 e. The van der Waals surface area contributed by atoms with Crippen molar-refractivity contribution in [2.45, 2.75) is 32.1 Å². The predicted octanol–water partition coefficient (Wildman–Crippen LogP) is 7.57. The Hall–Kier alpha value is -3.52. The quantitative estimate of drug-likeness (QED) is 0.214. The number of hydrogen-bond acceptors (Lipinski definition) is 2. The van der Waals surface area contributed by atoms with Crippen molar-refractivity contribution in [3.63, 3.8) is 0 Å². The maximum Gasteiger partial charge on any atom is 0.127 e. The molecule has 33 heavy (non-hydrogen) atoms. The molecule has 0 unspecified atom stereocenters. The summed E-state index contributed by atoms with van der Waals surface area (Å²) in [6.07, 6.45) is 5.27. The Balaban J connectivity index is 1.24. The highest BCUT2D eigenvalue weighted by Gasteiger charge is 2.07. The van der Waals surface area contributed by atoms with Crippen molar-refractivity contribution in [3.8, 4) is 22.6 Å². The SMILES string of the molecule is [c]1cccc(OCCCc2ccccc2)c1-c1ccc(OCCCCc2ccccc2)cc1. The summed E-state index contributed by atoms with van der Waals surface area (Å²) in [5, 5.41) is 0. The molecule has 0 heterocycles. The van der Waals surface area contributed by atoms with E-state index < -0.39 is 0 Å². The number of hydrogen-bond donors (Lipinski definition) is 0. The molecule has 2 nitrogen and oxygen atoms in total. The zero-order valence-electron chi connectivity index (χ0n) is 19.1. The lowest BCUT2D eigenvalue weighted by molar-refractivity contribution is 0.307. The molecule has 0 N–H and O–H groups in total. The third-order valence-corrected chi connectivity index (χ3v) is 5.64. The van der Waals surface area contributed by atoms with Gasteiger partial charge in [0, 0.05) is 5.56 Å². The molecule has 0 aliphatic carbocycles. The highest BCUT2D eigenvalue weighted by Crippen LogP contribution is 2.30. The third-order valence-electron chi connectivity index (χ3n) is 5.64. The van der Waals surface area contributed by atoms with E-state index in [0.717, 1.165) is 61.3 Å². The minimum absolute atomic E-state index is 0.684. The summed E-state index contributed by atoms with van der Waals surface area (Å²) in [5.41, 5.74) is 4.81. The average Bonchev–Trinajstić information content (AvgIpc) is 2.88. The fourth-order valence-corrected chi connectivity index (χ4v) is 3.85. The molecule has 167 valence electrons. The van der Waals surface area contributed by atoms with Crippen molar-refractivity contribution >= 4 is 0 Å². The summed E-state index contributed by atoms with van der Waals surface area (Å²) < 4.78 is 12.1. The molecule has 0 bridgehead atoms. The number of ether oxygens (including phenoxy) is 2. The molecule has 0 aliphatic heterocycles. The first kappa shape index (κ1) is 22.7. The van der Waals surface area contributed by atoms with Crippen LogP contribution in [0.2, 0.25) is 0 Å². The van der Waals surface area contributed by atoms with Gasteiger partial charge in [-0.05, 0) is 73.1 Å². The smallest absolute Gasteiger partial charge is 0.127 e. The molecule has 0 aromatic heterocycles. The van der Waals surface area contributed by atoms with Gasteiger partial charge in [-0.25, -0.2) is 0 Å². The van der Waals surface area contributed by atoms with Gasteiger partial charge in [0.25, 0.3) is 0 Å². The van der Waals surface area contributed by atoms with Crippen LogP contribution in [0.5, 0.6) is 11.5 Å². The number of rotatable bonds is 12. The van der Waals surface area contributed by atoms with E-state index in [1.165, 1.54) is 11.1 Å². The van der Waals surface area contributed by atoms with Gasteiger partial charge in [-0.2, -0.15) is 0 Å². The largest absolute Gasteiger partial charge is 0.494 e. The highest BCUT2D eigenvalue weighted by molar-refractivity contribution is 5.70. The Bertz CT molecular complexity index is 1070. The first-order chi connectivity index (χ1) is 16.4. The maximum absolute atomic E-state index is 6.11. The Morgan fingerprint density at radius 3 is 1.88 bits per heavy atom. The molecule has 4 aromatic rings. The normalized spacial score (nSPS) is 10.7. The lowest BCUT2D eigenvalue weighted by Gasteiger charge is -2.12. The molecule has 0 fully saturated rings. The van der Waals surface area contributed by atoms with Crippen LogP contribution in [0.3, 0.4) is 0 Å². The van der Waals surface area contributed by atoms with Crippen molar-refractivity contribution in [1.82, 2.24) is 0 Å². The van der Waals surface area contributed by atoms with E-state index in [2.05, 4.69) is 78.9 Å². The van der Waals surface area contributed by atoms with Crippen molar-refractivity contribution in [2.24, 2.45) is 0 Å². The molecule has 0 spiro atoms.